The number of halogens is 5. The van der Waals surface area contributed by atoms with Crippen molar-refractivity contribution in [1.82, 2.24) is 0 Å². The van der Waals surface area contributed by atoms with E-state index in [2.05, 4.69) is 10.1 Å². The molecule has 1 unspecified atom stereocenters. The highest BCUT2D eigenvalue weighted by molar-refractivity contribution is 5.97. The Kier molecular flexibility index (Phi) is 5.59. The number of esters is 1. The fourth-order valence-corrected chi connectivity index (χ4v) is 1.98. The molecule has 0 bridgehead atoms. The fourth-order valence-electron chi connectivity index (χ4n) is 1.98. The number of nitrogens with one attached hydrogen (secondary N) is 1. The van der Waals surface area contributed by atoms with Gasteiger partial charge in [0.1, 0.15) is 17.2 Å². The minimum atomic E-state index is -4.60. The number of benzene rings is 2. The van der Waals surface area contributed by atoms with E-state index in [1.54, 1.807) is 0 Å². The molecule has 0 aliphatic heterocycles. The van der Waals surface area contributed by atoms with Gasteiger partial charge in [-0.2, -0.15) is 13.2 Å². The van der Waals surface area contributed by atoms with Crippen LogP contribution in [-0.2, 0) is 15.7 Å². The maximum Gasteiger partial charge on any atom is 0.416 e. The number of alkyl halides is 3. The molecule has 138 valence electrons. The Morgan fingerprint density at radius 1 is 1.04 bits per heavy atom. The summed E-state index contributed by atoms with van der Waals surface area (Å²) < 4.78 is 69.6. The van der Waals surface area contributed by atoms with Gasteiger partial charge in [0, 0.05) is 5.69 Å². The molecule has 0 fully saturated rings. The molecule has 0 aromatic heterocycles. The van der Waals surface area contributed by atoms with Crippen LogP contribution >= 0.6 is 0 Å². The molecule has 4 nitrogen and oxygen atoms in total. The zero-order chi connectivity index (χ0) is 19.5. The summed E-state index contributed by atoms with van der Waals surface area (Å²) >= 11 is 0. The van der Waals surface area contributed by atoms with Crippen LogP contribution in [0.5, 0.6) is 0 Å². The summed E-state index contributed by atoms with van der Waals surface area (Å²) in [5.74, 6) is -4.71. The lowest BCUT2D eigenvalue weighted by molar-refractivity contribution is -0.137. The number of carbonyl (C=O) groups excluding carboxylic acids is 2. The van der Waals surface area contributed by atoms with Crippen LogP contribution in [0.25, 0.3) is 0 Å². The van der Waals surface area contributed by atoms with Crippen molar-refractivity contribution in [3.63, 3.8) is 0 Å². The second-order valence-corrected chi connectivity index (χ2v) is 5.21. The van der Waals surface area contributed by atoms with E-state index in [1.807, 2.05) is 0 Å². The molecule has 9 heteroatoms. The Labute approximate surface area is 144 Å². The molecule has 1 amide bonds. The highest BCUT2D eigenvalue weighted by Crippen LogP contribution is 2.30. The summed E-state index contributed by atoms with van der Waals surface area (Å²) in [4.78, 5) is 23.8. The second kappa shape index (κ2) is 7.51. The van der Waals surface area contributed by atoms with Gasteiger partial charge in [-0.1, -0.05) is 12.1 Å². The molecule has 2 rings (SSSR count). The van der Waals surface area contributed by atoms with Crippen molar-refractivity contribution < 1.29 is 36.3 Å². The number of amides is 1. The summed E-state index contributed by atoms with van der Waals surface area (Å²) in [5, 5.41) is 2.14. The van der Waals surface area contributed by atoms with Crippen LogP contribution in [0.1, 0.15) is 22.8 Å². The normalized spacial score (nSPS) is 12.4. The van der Waals surface area contributed by atoms with Crippen LogP contribution in [0, 0.1) is 11.6 Å². The van der Waals surface area contributed by atoms with Gasteiger partial charge in [-0.15, -0.1) is 0 Å². The smallest absolute Gasteiger partial charge is 0.416 e. The Bertz CT molecular complexity index is 815. The fraction of sp³-hybridized carbons (Fsp3) is 0.176. The third-order valence-corrected chi connectivity index (χ3v) is 3.28. The highest BCUT2D eigenvalue weighted by Gasteiger charge is 2.31. The van der Waals surface area contributed by atoms with Crippen LogP contribution in [0.2, 0.25) is 0 Å². The van der Waals surface area contributed by atoms with Crippen LogP contribution in [0.15, 0.2) is 42.5 Å². The van der Waals surface area contributed by atoms with E-state index in [0.29, 0.717) is 6.07 Å². The molecule has 0 radical (unpaired) electrons. The van der Waals surface area contributed by atoms with Gasteiger partial charge in [0.25, 0.3) is 5.91 Å². The van der Waals surface area contributed by atoms with E-state index in [-0.39, 0.29) is 5.69 Å². The van der Waals surface area contributed by atoms with Gasteiger partial charge >= 0.3 is 12.1 Å². The molecule has 2 aromatic rings. The van der Waals surface area contributed by atoms with Crippen LogP contribution < -0.4 is 5.32 Å². The SMILES string of the molecule is CC(OC(=O)c1c(F)cccc1F)C(=O)Nc1cccc(C(F)(F)F)c1. The summed E-state index contributed by atoms with van der Waals surface area (Å²) in [5.41, 5.74) is -2.12. The average Bonchev–Trinajstić information content (AvgIpc) is 2.54. The van der Waals surface area contributed by atoms with Crippen LogP contribution in [0.4, 0.5) is 27.6 Å². The van der Waals surface area contributed by atoms with Gasteiger partial charge in [0.2, 0.25) is 0 Å². The molecule has 0 aliphatic rings. The maximum atomic E-state index is 13.5. The van der Waals surface area contributed by atoms with Crippen molar-refractivity contribution in [2.75, 3.05) is 5.32 Å². The summed E-state index contributed by atoms with van der Waals surface area (Å²) in [6.45, 7) is 1.11. The number of rotatable bonds is 4. The summed E-state index contributed by atoms with van der Waals surface area (Å²) in [7, 11) is 0. The standard InChI is InChI=1S/C17H12F5NO3/c1-9(26-16(25)14-12(18)6-3-7-13(14)19)15(24)23-11-5-2-4-10(8-11)17(20,21)22/h2-9H,1H3,(H,23,24). The van der Waals surface area contributed by atoms with E-state index in [0.717, 1.165) is 37.3 Å². The number of hydrogen-bond acceptors (Lipinski definition) is 3. The van der Waals surface area contributed by atoms with E-state index < -0.39 is 46.9 Å². The first-order valence-corrected chi connectivity index (χ1v) is 7.22. The van der Waals surface area contributed by atoms with Gasteiger partial charge in [-0.05, 0) is 37.3 Å². The number of carbonyl (C=O) groups is 2. The van der Waals surface area contributed by atoms with Crippen LogP contribution in [0.3, 0.4) is 0 Å². The van der Waals surface area contributed by atoms with Crippen molar-refractivity contribution in [3.8, 4) is 0 Å². The Morgan fingerprint density at radius 3 is 2.19 bits per heavy atom. The molecule has 0 saturated carbocycles. The lowest BCUT2D eigenvalue weighted by atomic mass is 10.2. The van der Waals surface area contributed by atoms with Gasteiger partial charge in [-0.25, -0.2) is 13.6 Å². The predicted octanol–water partition coefficient (Wildman–Crippen LogP) is 4.17. The molecule has 2 aromatic carbocycles. The molecule has 1 N–H and O–H groups in total. The Morgan fingerprint density at radius 2 is 1.62 bits per heavy atom. The first-order chi connectivity index (χ1) is 12.1. The lowest BCUT2D eigenvalue weighted by Gasteiger charge is -2.15. The van der Waals surface area contributed by atoms with Gasteiger partial charge in [-0.3, -0.25) is 4.79 Å². The van der Waals surface area contributed by atoms with Crippen LogP contribution in [-0.4, -0.2) is 18.0 Å². The molecule has 0 spiro atoms. The summed E-state index contributed by atoms with van der Waals surface area (Å²) in [6, 6.07) is 6.54. The number of ether oxygens (including phenoxy) is 1. The highest BCUT2D eigenvalue weighted by atomic mass is 19.4. The third-order valence-electron chi connectivity index (χ3n) is 3.28. The molecule has 0 heterocycles. The molecule has 0 saturated heterocycles. The Hall–Kier alpha value is -2.97. The molecular weight excluding hydrogens is 361 g/mol. The monoisotopic (exact) mass is 373 g/mol. The number of hydrogen-bond donors (Lipinski definition) is 1. The zero-order valence-corrected chi connectivity index (χ0v) is 13.2. The minimum absolute atomic E-state index is 0.176. The molecule has 1 atom stereocenters. The molecular formula is C17H12F5NO3. The van der Waals surface area contributed by atoms with E-state index in [1.165, 1.54) is 6.07 Å². The largest absolute Gasteiger partial charge is 0.449 e. The summed E-state index contributed by atoms with van der Waals surface area (Å²) in [6.07, 6.45) is -6.10. The Balaban J connectivity index is 2.07. The first-order valence-electron chi connectivity index (χ1n) is 7.22. The number of anilines is 1. The predicted molar refractivity (Wildman–Crippen MR) is 81.3 cm³/mol. The van der Waals surface area contributed by atoms with Gasteiger partial charge in [0.15, 0.2) is 6.10 Å². The van der Waals surface area contributed by atoms with Crippen molar-refractivity contribution in [1.29, 1.82) is 0 Å². The van der Waals surface area contributed by atoms with E-state index >= 15 is 0 Å². The maximum absolute atomic E-state index is 13.5. The van der Waals surface area contributed by atoms with E-state index in [9.17, 15) is 31.5 Å². The second-order valence-electron chi connectivity index (χ2n) is 5.21. The van der Waals surface area contributed by atoms with Gasteiger partial charge in [0.05, 0.1) is 5.56 Å². The lowest BCUT2D eigenvalue weighted by Crippen LogP contribution is -2.30. The van der Waals surface area contributed by atoms with Crippen molar-refractivity contribution in [2.24, 2.45) is 0 Å². The van der Waals surface area contributed by atoms with Crippen molar-refractivity contribution in [2.45, 2.75) is 19.2 Å². The zero-order valence-electron chi connectivity index (χ0n) is 13.2. The third kappa shape index (κ3) is 4.56. The topological polar surface area (TPSA) is 55.4 Å². The first kappa shape index (κ1) is 19.4. The molecule has 26 heavy (non-hydrogen) atoms. The van der Waals surface area contributed by atoms with Gasteiger partial charge < -0.3 is 10.1 Å². The van der Waals surface area contributed by atoms with Crippen molar-refractivity contribution in [3.05, 3.63) is 65.2 Å². The van der Waals surface area contributed by atoms with Crippen molar-refractivity contribution >= 4 is 17.6 Å². The average molecular weight is 373 g/mol. The minimum Gasteiger partial charge on any atom is -0.449 e. The molecule has 0 aliphatic carbocycles. The quantitative estimate of drug-likeness (QED) is 0.647. The van der Waals surface area contributed by atoms with E-state index in [4.69, 9.17) is 0 Å².